The highest BCUT2D eigenvalue weighted by atomic mass is 32.2. The summed E-state index contributed by atoms with van der Waals surface area (Å²) < 4.78 is 4.46. The molecule has 6 nitrogen and oxygen atoms in total. The van der Waals surface area contributed by atoms with Crippen LogP contribution in [-0.2, 0) is 14.3 Å². The maximum atomic E-state index is 11.7. The van der Waals surface area contributed by atoms with Crippen molar-refractivity contribution in [2.24, 2.45) is 0 Å². The van der Waals surface area contributed by atoms with Gasteiger partial charge in [-0.15, -0.1) is 11.3 Å². The summed E-state index contributed by atoms with van der Waals surface area (Å²) in [6, 6.07) is 0. The fourth-order valence-electron chi connectivity index (χ4n) is 1.69. The number of hydrogen-bond donors (Lipinski definition) is 1. The molecule has 8 heteroatoms. The van der Waals surface area contributed by atoms with Crippen LogP contribution in [0.5, 0.6) is 0 Å². The second-order valence-electron chi connectivity index (χ2n) is 4.28. The highest BCUT2D eigenvalue weighted by Gasteiger charge is 2.14. The zero-order valence-corrected chi connectivity index (χ0v) is 13.6. The summed E-state index contributed by atoms with van der Waals surface area (Å²) in [6.45, 7) is 3.95. The quantitative estimate of drug-likeness (QED) is 0.512. The average Bonchev–Trinajstić information content (AvgIpc) is 2.78. The van der Waals surface area contributed by atoms with Crippen LogP contribution in [0.2, 0.25) is 0 Å². The molecule has 0 aliphatic heterocycles. The minimum absolute atomic E-state index is 0.119. The summed E-state index contributed by atoms with van der Waals surface area (Å²) in [6.07, 6.45) is 1.51. The summed E-state index contributed by atoms with van der Waals surface area (Å²) in [7, 11) is 1.28. The molecule has 0 radical (unpaired) electrons. The van der Waals surface area contributed by atoms with Gasteiger partial charge in [-0.05, 0) is 19.4 Å². The lowest BCUT2D eigenvalue weighted by Gasteiger charge is -2.04. The van der Waals surface area contributed by atoms with Crippen LogP contribution < -0.4 is 5.32 Å². The highest BCUT2D eigenvalue weighted by molar-refractivity contribution is 8.00. The minimum Gasteiger partial charge on any atom is -0.468 e. The maximum Gasteiger partial charge on any atom is 0.325 e. The van der Waals surface area contributed by atoms with Gasteiger partial charge >= 0.3 is 5.97 Å². The first-order chi connectivity index (χ1) is 10.0. The number of ether oxygens (including phenoxy) is 1. The van der Waals surface area contributed by atoms with Crippen molar-refractivity contribution in [2.75, 3.05) is 19.4 Å². The van der Waals surface area contributed by atoms with Gasteiger partial charge in [-0.3, -0.25) is 9.59 Å². The first-order valence-corrected chi connectivity index (χ1v) is 8.00. The number of nitrogens with zero attached hydrogens (tertiary/aromatic N) is 2. The Hall–Kier alpha value is -1.67. The van der Waals surface area contributed by atoms with Crippen LogP contribution in [0, 0.1) is 13.8 Å². The Labute approximate surface area is 130 Å². The van der Waals surface area contributed by atoms with E-state index >= 15 is 0 Å². The van der Waals surface area contributed by atoms with Crippen molar-refractivity contribution in [3.63, 3.8) is 0 Å². The largest absolute Gasteiger partial charge is 0.468 e. The number of rotatable bonds is 5. The topological polar surface area (TPSA) is 81.2 Å². The molecule has 0 aliphatic carbocycles. The van der Waals surface area contributed by atoms with Crippen molar-refractivity contribution in [3.05, 3.63) is 16.8 Å². The van der Waals surface area contributed by atoms with Crippen molar-refractivity contribution in [3.8, 4) is 0 Å². The molecular formula is C13H15N3O3S2. The van der Waals surface area contributed by atoms with E-state index in [-0.39, 0.29) is 18.2 Å². The van der Waals surface area contributed by atoms with Gasteiger partial charge in [0.15, 0.2) is 0 Å². The van der Waals surface area contributed by atoms with Gasteiger partial charge in [0.05, 0.1) is 12.9 Å². The summed E-state index contributed by atoms with van der Waals surface area (Å²) >= 11 is 2.95. The van der Waals surface area contributed by atoms with Crippen LogP contribution in [0.25, 0.3) is 10.2 Å². The number of thioether (sulfide) groups is 1. The first-order valence-electron chi connectivity index (χ1n) is 6.20. The number of nitrogens with one attached hydrogen (secondary N) is 1. The summed E-state index contributed by atoms with van der Waals surface area (Å²) in [5.41, 5.74) is 1.15. The second kappa shape index (κ2) is 6.86. The number of esters is 1. The number of aromatic nitrogens is 2. The van der Waals surface area contributed by atoms with Crippen LogP contribution in [0.15, 0.2) is 11.4 Å². The number of carbonyl (C=O) groups excluding carboxylic acids is 2. The van der Waals surface area contributed by atoms with Crippen LogP contribution in [-0.4, -0.2) is 41.3 Å². The smallest absolute Gasteiger partial charge is 0.325 e. The van der Waals surface area contributed by atoms with E-state index in [2.05, 4.69) is 20.0 Å². The van der Waals surface area contributed by atoms with Crippen LogP contribution in [0.4, 0.5) is 0 Å². The molecular weight excluding hydrogens is 310 g/mol. The predicted molar refractivity (Wildman–Crippen MR) is 82.6 cm³/mol. The van der Waals surface area contributed by atoms with Crippen LogP contribution in [0.3, 0.4) is 0 Å². The molecule has 2 rings (SSSR count). The lowest BCUT2D eigenvalue weighted by molar-refractivity contribution is -0.140. The van der Waals surface area contributed by atoms with Gasteiger partial charge < -0.3 is 10.1 Å². The van der Waals surface area contributed by atoms with E-state index in [9.17, 15) is 9.59 Å². The molecule has 1 amide bonds. The minimum atomic E-state index is -0.470. The van der Waals surface area contributed by atoms with E-state index in [1.54, 1.807) is 11.3 Å². The zero-order valence-electron chi connectivity index (χ0n) is 11.9. The first kappa shape index (κ1) is 15.7. The number of carbonyl (C=O) groups is 2. The molecule has 0 spiro atoms. The molecule has 2 heterocycles. The number of fused-ring (bicyclic) bond motifs is 1. The Morgan fingerprint density at radius 1 is 1.38 bits per heavy atom. The molecule has 0 saturated carbocycles. The highest BCUT2D eigenvalue weighted by Crippen LogP contribution is 2.34. The standard InChI is InChI=1S/C13H15N3O3S2/c1-7-8(2)21-13-11(7)12(15-6-16-13)20-5-9(17)14-4-10(18)19-3/h6H,4-5H2,1-3H3,(H,14,17). The van der Waals surface area contributed by atoms with E-state index in [0.29, 0.717) is 0 Å². The van der Waals surface area contributed by atoms with Gasteiger partial charge in [0, 0.05) is 10.3 Å². The Kier molecular flexibility index (Phi) is 5.13. The lowest BCUT2D eigenvalue weighted by atomic mass is 10.2. The molecule has 21 heavy (non-hydrogen) atoms. The van der Waals surface area contributed by atoms with Crippen molar-refractivity contribution in [1.82, 2.24) is 15.3 Å². The fourth-order valence-corrected chi connectivity index (χ4v) is 3.63. The van der Waals surface area contributed by atoms with Gasteiger partial charge in [0.2, 0.25) is 5.91 Å². The third-order valence-electron chi connectivity index (χ3n) is 2.93. The molecule has 1 N–H and O–H groups in total. The second-order valence-corrected chi connectivity index (χ2v) is 6.45. The summed E-state index contributed by atoms with van der Waals surface area (Å²) in [5, 5.41) is 4.29. The molecule has 0 fully saturated rings. The molecule has 0 unspecified atom stereocenters. The molecule has 2 aromatic rings. The third-order valence-corrected chi connectivity index (χ3v) is 5.03. The Morgan fingerprint density at radius 2 is 2.14 bits per heavy atom. The number of amides is 1. The Morgan fingerprint density at radius 3 is 2.86 bits per heavy atom. The lowest BCUT2D eigenvalue weighted by Crippen LogP contribution is -2.31. The molecule has 112 valence electrons. The summed E-state index contributed by atoms with van der Waals surface area (Å²) in [4.78, 5) is 33.3. The fraction of sp³-hybridized carbons (Fsp3) is 0.385. The van der Waals surface area contributed by atoms with Crippen LogP contribution >= 0.6 is 23.1 Å². The molecule has 0 saturated heterocycles. The van der Waals surface area contributed by atoms with E-state index in [4.69, 9.17) is 0 Å². The third kappa shape index (κ3) is 3.70. The SMILES string of the molecule is COC(=O)CNC(=O)CSc1ncnc2sc(C)c(C)c12. The van der Waals surface area contributed by atoms with Gasteiger partial charge in [-0.1, -0.05) is 11.8 Å². The molecule has 0 bridgehead atoms. The van der Waals surface area contributed by atoms with Gasteiger partial charge in [0.25, 0.3) is 0 Å². The normalized spacial score (nSPS) is 10.6. The van der Waals surface area contributed by atoms with Crippen molar-refractivity contribution in [2.45, 2.75) is 18.9 Å². The van der Waals surface area contributed by atoms with Gasteiger partial charge in [-0.2, -0.15) is 0 Å². The monoisotopic (exact) mass is 325 g/mol. The van der Waals surface area contributed by atoms with E-state index in [1.165, 1.54) is 30.1 Å². The molecule has 0 atom stereocenters. The predicted octanol–water partition coefficient (Wildman–Crippen LogP) is 1.69. The molecule has 0 aromatic carbocycles. The van der Waals surface area contributed by atoms with Crippen molar-refractivity contribution in [1.29, 1.82) is 0 Å². The number of hydrogen-bond acceptors (Lipinski definition) is 7. The van der Waals surface area contributed by atoms with Crippen LogP contribution in [0.1, 0.15) is 10.4 Å². The molecule has 0 aliphatic rings. The molecule has 2 aromatic heterocycles. The van der Waals surface area contributed by atoms with Crippen molar-refractivity contribution < 1.29 is 14.3 Å². The van der Waals surface area contributed by atoms with E-state index in [1.807, 2.05) is 13.8 Å². The number of thiophene rings is 1. The number of aryl methyl sites for hydroxylation is 2. The van der Waals surface area contributed by atoms with E-state index in [0.717, 1.165) is 20.8 Å². The average molecular weight is 325 g/mol. The summed E-state index contributed by atoms with van der Waals surface area (Å²) in [5.74, 6) is -0.513. The maximum absolute atomic E-state index is 11.7. The van der Waals surface area contributed by atoms with Crippen molar-refractivity contribution >= 4 is 45.2 Å². The van der Waals surface area contributed by atoms with Gasteiger partial charge in [0.1, 0.15) is 22.7 Å². The van der Waals surface area contributed by atoms with Gasteiger partial charge in [-0.25, -0.2) is 9.97 Å². The van der Waals surface area contributed by atoms with E-state index < -0.39 is 5.97 Å². The Balaban J connectivity index is 2.04. The zero-order chi connectivity index (χ0) is 15.4. The Bertz CT molecular complexity index is 685. The number of methoxy groups -OCH3 is 1.